The molecule has 3 nitrogen and oxygen atoms in total. The third kappa shape index (κ3) is 7.88. The van der Waals surface area contributed by atoms with Gasteiger partial charge >= 0.3 is 0 Å². The lowest BCUT2D eigenvalue weighted by Crippen LogP contribution is -2.30. The molecular weight excluding hydrogens is 545 g/mol. The largest absolute Gasteiger partial charge is 0.467 e. The van der Waals surface area contributed by atoms with Crippen molar-refractivity contribution in [2.24, 2.45) is 0 Å². The molecule has 4 aromatic carbocycles. The molecule has 0 heterocycles. The Kier molecular flexibility index (Phi) is 11.1. The number of nitrogens with zero attached hydrogens (tertiary/aromatic N) is 1. The Morgan fingerprint density at radius 3 is 1.79 bits per heavy atom. The van der Waals surface area contributed by atoms with Gasteiger partial charge in [0.05, 0.1) is 0 Å². The van der Waals surface area contributed by atoms with E-state index in [0.29, 0.717) is 8.58 Å². The van der Waals surface area contributed by atoms with Gasteiger partial charge in [0.2, 0.25) is 0 Å². The first-order valence-corrected chi connectivity index (χ1v) is 16.6. The number of benzene rings is 4. The van der Waals surface area contributed by atoms with Gasteiger partial charge in [-0.1, -0.05) is 134 Å². The number of anilines is 1. The molecule has 4 heteroatoms. The minimum absolute atomic E-state index is 0.0594. The lowest BCUT2D eigenvalue weighted by Gasteiger charge is -2.38. The zero-order valence-electron chi connectivity index (χ0n) is 27.5. The van der Waals surface area contributed by atoms with E-state index in [9.17, 15) is 0 Å². The number of rotatable bonds is 13. The highest BCUT2D eigenvalue weighted by molar-refractivity contribution is 7.49. The number of ether oxygens (including phenoxy) is 2. The SMILES string of the molecule is CCC(CC)(Pc1c(C)cccc1N(Cc1ccccc1)Cc1ccccc1)c1cc(C)cc(C(C)(C)C)c1OCOC. The summed E-state index contributed by atoms with van der Waals surface area (Å²) in [4.78, 5) is 2.56. The standard InChI is InChI=1S/C39H50NO2P/c1-9-39(10-2,34-25-29(3)24-33(38(5,6)7)36(34)42-28-41-8)43-37-30(4)18-17-23-35(37)40(26-31-19-13-11-14-20-31)27-32-21-15-12-16-22-32/h11-25,43H,9-10,26-28H2,1-8H3. The third-order valence-corrected chi connectivity index (χ3v) is 10.8. The van der Waals surface area contributed by atoms with E-state index in [0.717, 1.165) is 31.7 Å². The molecule has 0 aromatic heterocycles. The average Bonchev–Trinajstić information content (AvgIpc) is 3.00. The van der Waals surface area contributed by atoms with Crippen LogP contribution in [0.25, 0.3) is 0 Å². The van der Waals surface area contributed by atoms with E-state index in [1.165, 1.54) is 44.4 Å². The van der Waals surface area contributed by atoms with Crippen molar-refractivity contribution in [1.29, 1.82) is 0 Å². The first kappa shape index (κ1) is 32.8. The van der Waals surface area contributed by atoms with E-state index in [4.69, 9.17) is 9.47 Å². The van der Waals surface area contributed by atoms with E-state index in [2.05, 4.69) is 144 Å². The van der Waals surface area contributed by atoms with Gasteiger partial charge in [0, 0.05) is 42.2 Å². The molecule has 0 aliphatic rings. The van der Waals surface area contributed by atoms with Crippen LogP contribution in [0.3, 0.4) is 0 Å². The van der Waals surface area contributed by atoms with Crippen molar-refractivity contribution in [3.05, 3.63) is 124 Å². The van der Waals surface area contributed by atoms with Gasteiger partial charge in [-0.15, -0.1) is 0 Å². The zero-order valence-corrected chi connectivity index (χ0v) is 28.5. The predicted molar refractivity (Wildman–Crippen MR) is 187 cm³/mol. The van der Waals surface area contributed by atoms with Crippen LogP contribution in [0.4, 0.5) is 5.69 Å². The molecule has 0 aliphatic carbocycles. The van der Waals surface area contributed by atoms with Crippen LogP contribution in [0.1, 0.15) is 80.8 Å². The Bertz CT molecular complexity index is 1410. The molecule has 0 saturated heterocycles. The fraction of sp³-hybridized carbons (Fsp3) is 0.385. The van der Waals surface area contributed by atoms with Gasteiger partial charge in [-0.25, -0.2) is 0 Å². The molecule has 4 aromatic rings. The van der Waals surface area contributed by atoms with Crippen LogP contribution in [-0.2, 0) is 28.4 Å². The van der Waals surface area contributed by atoms with Crippen molar-refractivity contribution in [2.75, 3.05) is 18.8 Å². The maximum atomic E-state index is 6.48. The van der Waals surface area contributed by atoms with Crippen LogP contribution in [0.2, 0.25) is 0 Å². The van der Waals surface area contributed by atoms with Crippen LogP contribution in [0, 0.1) is 13.8 Å². The van der Waals surface area contributed by atoms with Gasteiger partial charge in [0.1, 0.15) is 5.75 Å². The Morgan fingerprint density at radius 1 is 0.721 bits per heavy atom. The van der Waals surface area contributed by atoms with Gasteiger partial charge in [0.25, 0.3) is 0 Å². The first-order valence-electron chi connectivity index (χ1n) is 15.6. The monoisotopic (exact) mass is 595 g/mol. The van der Waals surface area contributed by atoms with Crippen LogP contribution < -0.4 is 14.9 Å². The van der Waals surface area contributed by atoms with E-state index in [1.807, 2.05) is 0 Å². The number of methoxy groups -OCH3 is 1. The molecule has 0 bridgehead atoms. The molecule has 1 atom stereocenters. The van der Waals surface area contributed by atoms with Crippen molar-refractivity contribution < 1.29 is 9.47 Å². The highest BCUT2D eigenvalue weighted by Gasteiger charge is 2.36. The summed E-state index contributed by atoms with van der Waals surface area (Å²) in [6, 6.07) is 33.2. The van der Waals surface area contributed by atoms with E-state index in [1.54, 1.807) is 7.11 Å². The molecule has 228 valence electrons. The highest BCUT2D eigenvalue weighted by atomic mass is 31.1. The molecular formula is C39H50NO2P. The van der Waals surface area contributed by atoms with Crippen molar-refractivity contribution in [2.45, 2.75) is 85.0 Å². The molecule has 43 heavy (non-hydrogen) atoms. The fourth-order valence-electron chi connectivity index (χ4n) is 5.99. The van der Waals surface area contributed by atoms with Gasteiger partial charge in [-0.05, 0) is 60.2 Å². The van der Waals surface area contributed by atoms with E-state index < -0.39 is 0 Å². The van der Waals surface area contributed by atoms with Crippen molar-refractivity contribution in [1.82, 2.24) is 0 Å². The molecule has 0 saturated carbocycles. The van der Waals surface area contributed by atoms with Crippen LogP contribution >= 0.6 is 8.58 Å². The first-order chi connectivity index (χ1) is 20.6. The summed E-state index contributed by atoms with van der Waals surface area (Å²) in [5, 5.41) is 1.36. The number of hydrogen-bond acceptors (Lipinski definition) is 3. The minimum Gasteiger partial charge on any atom is -0.467 e. The second kappa shape index (κ2) is 14.6. The average molecular weight is 596 g/mol. The van der Waals surface area contributed by atoms with Crippen LogP contribution in [-0.4, -0.2) is 13.9 Å². The number of aryl methyl sites for hydroxylation is 2. The van der Waals surface area contributed by atoms with Crippen molar-refractivity contribution in [3.63, 3.8) is 0 Å². The fourth-order valence-corrected chi connectivity index (χ4v) is 7.79. The molecule has 0 amide bonds. The van der Waals surface area contributed by atoms with Crippen molar-refractivity contribution in [3.8, 4) is 5.75 Å². The minimum atomic E-state index is -0.0822. The Morgan fingerprint density at radius 2 is 1.28 bits per heavy atom. The summed E-state index contributed by atoms with van der Waals surface area (Å²) in [5.41, 5.74) is 9.07. The van der Waals surface area contributed by atoms with Gasteiger partial charge < -0.3 is 14.4 Å². The summed E-state index contributed by atoms with van der Waals surface area (Å²) >= 11 is 0. The molecule has 0 aliphatic heterocycles. The maximum Gasteiger partial charge on any atom is 0.188 e. The van der Waals surface area contributed by atoms with Gasteiger partial charge in [0.15, 0.2) is 6.79 Å². The molecule has 0 N–H and O–H groups in total. The Balaban J connectivity index is 1.88. The van der Waals surface area contributed by atoms with E-state index >= 15 is 0 Å². The summed E-state index contributed by atoms with van der Waals surface area (Å²) in [5.74, 6) is 0.997. The second-order valence-electron chi connectivity index (χ2n) is 12.7. The van der Waals surface area contributed by atoms with Crippen molar-refractivity contribution >= 4 is 19.6 Å². The Hall–Kier alpha value is -3.13. The van der Waals surface area contributed by atoms with Gasteiger partial charge in [-0.2, -0.15) is 0 Å². The normalized spacial score (nSPS) is 12.2. The van der Waals surface area contributed by atoms with E-state index in [-0.39, 0.29) is 17.4 Å². The molecule has 1 unspecified atom stereocenters. The second-order valence-corrected chi connectivity index (χ2v) is 14.4. The van der Waals surface area contributed by atoms with Gasteiger partial charge in [-0.3, -0.25) is 0 Å². The van der Waals surface area contributed by atoms with Crippen LogP contribution in [0.15, 0.2) is 91.0 Å². The summed E-state index contributed by atoms with van der Waals surface area (Å²) in [6.45, 7) is 18.0. The summed E-state index contributed by atoms with van der Waals surface area (Å²) < 4.78 is 11.9. The summed E-state index contributed by atoms with van der Waals surface area (Å²) in [7, 11) is 2.27. The third-order valence-electron chi connectivity index (χ3n) is 8.47. The lowest BCUT2D eigenvalue weighted by molar-refractivity contribution is 0.0485. The number of hydrogen-bond donors (Lipinski definition) is 0. The molecule has 0 fully saturated rings. The smallest absolute Gasteiger partial charge is 0.188 e. The van der Waals surface area contributed by atoms with Crippen LogP contribution in [0.5, 0.6) is 5.75 Å². The topological polar surface area (TPSA) is 21.7 Å². The highest BCUT2D eigenvalue weighted by Crippen LogP contribution is 2.53. The maximum absolute atomic E-state index is 6.48. The predicted octanol–water partition coefficient (Wildman–Crippen LogP) is 9.81. The Labute approximate surface area is 262 Å². The summed E-state index contributed by atoms with van der Waals surface area (Å²) in [6.07, 6.45) is 2.03. The molecule has 4 rings (SSSR count). The molecule has 0 spiro atoms. The lowest BCUT2D eigenvalue weighted by atomic mass is 9.80. The quantitative estimate of drug-likeness (QED) is 0.113. The molecule has 0 radical (unpaired) electrons. The zero-order chi connectivity index (χ0) is 31.0.